The predicted molar refractivity (Wildman–Crippen MR) is 78.4 cm³/mol. The predicted octanol–water partition coefficient (Wildman–Crippen LogP) is 2.96. The monoisotopic (exact) mass is 322 g/mol. The summed E-state index contributed by atoms with van der Waals surface area (Å²) in [5.74, 6) is -1.95. The van der Waals surface area contributed by atoms with Gasteiger partial charge >= 0.3 is 18.0 Å². The van der Waals surface area contributed by atoms with Gasteiger partial charge in [-0.05, 0) is 23.8 Å². The average Bonchev–Trinajstić information content (AvgIpc) is 2.53. The molecule has 0 aliphatic rings. The Morgan fingerprint density at radius 3 is 2.26 bits per heavy atom. The summed E-state index contributed by atoms with van der Waals surface area (Å²) in [7, 11) is 0. The van der Waals surface area contributed by atoms with Crippen molar-refractivity contribution >= 4 is 17.5 Å². The number of hydrogen-bond acceptors (Lipinski definition) is 2. The van der Waals surface area contributed by atoms with E-state index in [1.165, 1.54) is 6.07 Å². The number of hydrogen-bond donors (Lipinski definition) is 2. The molecular formula is C16H13F3N2O2. The summed E-state index contributed by atoms with van der Waals surface area (Å²) < 4.78 is 37.7. The molecule has 4 nitrogen and oxygen atoms in total. The van der Waals surface area contributed by atoms with Gasteiger partial charge in [-0.25, -0.2) is 0 Å². The van der Waals surface area contributed by atoms with Gasteiger partial charge in [-0.15, -0.1) is 0 Å². The van der Waals surface area contributed by atoms with Crippen molar-refractivity contribution in [2.45, 2.75) is 12.7 Å². The fraction of sp³-hybridized carbons (Fsp3) is 0.125. The van der Waals surface area contributed by atoms with Crippen LogP contribution >= 0.6 is 0 Å². The molecule has 7 heteroatoms. The Hall–Kier alpha value is -2.83. The normalized spacial score (nSPS) is 10.9. The topological polar surface area (TPSA) is 58.2 Å². The van der Waals surface area contributed by atoms with Crippen molar-refractivity contribution < 1.29 is 22.8 Å². The highest BCUT2D eigenvalue weighted by Gasteiger charge is 2.30. The molecule has 0 unspecified atom stereocenters. The van der Waals surface area contributed by atoms with Crippen LogP contribution in [0.5, 0.6) is 0 Å². The van der Waals surface area contributed by atoms with Crippen molar-refractivity contribution in [2.75, 3.05) is 5.32 Å². The summed E-state index contributed by atoms with van der Waals surface area (Å²) in [6.45, 7) is 0.148. The fourth-order valence-electron chi connectivity index (χ4n) is 1.82. The van der Waals surface area contributed by atoms with E-state index in [9.17, 15) is 22.8 Å². The number of amides is 2. The standard InChI is InChI=1S/C16H13F3N2O2/c17-16(18,19)12-7-4-8-13(9-12)21-15(23)14(22)20-10-11-5-2-1-3-6-11/h1-9H,10H2,(H,20,22)(H,21,23). The molecule has 0 saturated heterocycles. The highest BCUT2D eigenvalue weighted by Crippen LogP contribution is 2.30. The van der Waals surface area contributed by atoms with Crippen molar-refractivity contribution in [2.24, 2.45) is 0 Å². The first-order valence-electron chi connectivity index (χ1n) is 6.66. The lowest BCUT2D eigenvalue weighted by Gasteiger charge is -2.10. The maximum absolute atomic E-state index is 12.6. The molecule has 120 valence electrons. The maximum atomic E-state index is 12.6. The molecule has 0 aliphatic carbocycles. The zero-order valence-electron chi connectivity index (χ0n) is 11.9. The van der Waals surface area contributed by atoms with Crippen LogP contribution in [-0.2, 0) is 22.3 Å². The average molecular weight is 322 g/mol. The Labute approximate surface area is 130 Å². The molecule has 0 atom stereocenters. The third kappa shape index (κ3) is 4.84. The molecule has 2 aromatic rings. The molecule has 2 N–H and O–H groups in total. The lowest BCUT2D eigenvalue weighted by Crippen LogP contribution is -2.35. The summed E-state index contributed by atoms with van der Waals surface area (Å²) in [4.78, 5) is 23.3. The summed E-state index contributed by atoms with van der Waals surface area (Å²) in [5.41, 5.74) is -0.201. The van der Waals surface area contributed by atoms with E-state index in [2.05, 4.69) is 10.6 Å². The summed E-state index contributed by atoms with van der Waals surface area (Å²) in [5, 5.41) is 4.53. The quantitative estimate of drug-likeness (QED) is 0.854. The van der Waals surface area contributed by atoms with Crippen molar-refractivity contribution in [3.05, 3.63) is 65.7 Å². The van der Waals surface area contributed by atoms with E-state index >= 15 is 0 Å². The molecule has 0 heterocycles. The molecule has 0 radical (unpaired) electrons. The van der Waals surface area contributed by atoms with Gasteiger partial charge in [0.15, 0.2) is 0 Å². The van der Waals surface area contributed by atoms with Gasteiger partial charge in [0.25, 0.3) is 0 Å². The molecule has 2 aromatic carbocycles. The van der Waals surface area contributed by atoms with Crippen LogP contribution in [0.25, 0.3) is 0 Å². The molecule has 0 spiro atoms. The van der Waals surface area contributed by atoms with Crippen molar-refractivity contribution in [3.8, 4) is 0 Å². The molecule has 0 fully saturated rings. The fourth-order valence-corrected chi connectivity index (χ4v) is 1.82. The molecule has 0 saturated carbocycles. The lowest BCUT2D eigenvalue weighted by molar-refractivity contribution is -0.137. The molecule has 0 bridgehead atoms. The Morgan fingerprint density at radius 1 is 0.913 bits per heavy atom. The maximum Gasteiger partial charge on any atom is 0.416 e. The van der Waals surface area contributed by atoms with Gasteiger partial charge in [-0.3, -0.25) is 9.59 Å². The Balaban J connectivity index is 1.95. The van der Waals surface area contributed by atoms with Crippen molar-refractivity contribution in [1.29, 1.82) is 0 Å². The van der Waals surface area contributed by atoms with Gasteiger partial charge in [-0.2, -0.15) is 13.2 Å². The van der Waals surface area contributed by atoms with Crippen molar-refractivity contribution in [3.63, 3.8) is 0 Å². The van der Waals surface area contributed by atoms with Gasteiger partial charge in [0.2, 0.25) is 0 Å². The molecule has 2 amide bonds. The number of alkyl halides is 3. The number of anilines is 1. The van der Waals surface area contributed by atoms with E-state index in [-0.39, 0.29) is 12.2 Å². The van der Waals surface area contributed by atoms with Crippen LogP contribution in [0.1, 0.15) is 11.1 Å². The van der Waals surface area contributed by atoms with E-state index in [0.29, 0.717) is 0 Å². The first kappa shape index (κ1) is 16.5. The van der Waals surface area contributed by atoms with Gasteiger partial charge in [0, 0.05) is 12.2 Å². The second kappa shape index (κ2) is 6.95. The summed E-state index contributed by atoms with van der Waals surface area (Å²) >= 11 is 0. The first-order valence-corrected chi connectivity index (χ1v) is 6.66. The van der Waals surface area contributed by atoms with Crippen LogP contribution in [-0.4, -0.2) is 11.8 Å². The van der Waals surface area contributed by atoms with Gasteiger partial charge in [0.05, 0.1) is 5.56 Å². The zero-order valence-corrected chi connectivity index (χ0v) is 11.9. The molecule has 23 heavy (non-hydrogen) atoms. The number of nitrogens with one attached hydrogen (secondary N) is 2. The number of rotatable bonds is 3. The van der Waals surface area contributed by atoms with Crippen LogP contribution in [0.4, 0.5) is 18.9 Å². The summed E-state index contributed by atoms with van der Waals surface area (Å²) in [6, 6.07) is 13.0. The Kier molecular flexibility index (Phi) is 5.00. The van der Waals surface area contributed by atoms with Crippen LogP contribution < -0.4 is 10.6 Å². The second-order valence-electron chi connectivity index (χ2n) is 4.70. The molecule has 0 aliphatic heterocycles. The Bertz CT molecular complexity index is 700. The Morgan fingerprint density at radius 2 is 1.61 bits per heavy atom. The highest BCUT2D eigenvalue weighted by molar-refractivity contribution is 6.39. The largest absolute Gasteiger partial charge is 0.416 e. The second-order valence-corrected chi connectivity index (χ2v) is 4.70. The van der Waals surface area contributed by atoms with E-state index in [1.807, 2.05) is 6.07 Å². The van der Waals surface area contributed by atoms with Gasteiger partial charge < -0.3 is 10.6 Å². The zero-order chi connectivity index (χ0) is 16.9. The third-order valence-electron chi connectivity index (χ3n) is 2.95. The SMILES string of the molecule is O=C(NCc1ccccc1)C(=O)Nc1cccc(C(F)(F)F)c1. The number of benzene rings is 2. The van der Waals surface area contributed by atoms with E-state index in [4.69, 9.17) is 0 Å². The number of halogens is 3. The van der Waals surface area contributed by atoms with E-state index in [1.54, 1.807) is 24.3 Å². The van der Waals surface area contributed by atoms with Crippen molar-refractivity contribution in [1.82, 2.24) is 5.32 Å². The highest BCUT2D eigenvalue weighted by atomic mass is 19.4. The van der Waals surface area contributed by atoms with Crippen LogP contribution in [0.2, 0.25) is 0 Å². The van der Waals surface area contributed by atoms with Crippen LogP contribution in [0.3, 0.4) is 0 Å². The minimum atomic E-state index is -4.52. The molecule has 0 aromatic heterocycles. The molecule has 2 rings (SSSR count). The number of carbonyl (C=O) groups is 2. The van der Waals surface area contributed by atoms with Crippen LogP contribution in [0, 0.1) is 0 Å². The van der Waals surface area contributed by atoms with E-state index < -0.39 is 23.6 Å². The molecular weight excluding hydrogens is 309 g/mol. The first-order chi connectivity index (χ1) is 10.9. The van der Waals surface area contributed by atoms with Gasteiger partial charge in [-0.1, -0.05) is 36.4 Å². The third-order valence-corrected chi connectivity index (χ3v) is 2.95. The smallest absolute Gasteiger partial charge is 0.344 e. The van der Waals surface area contributed by atoms with Gasteiger partial charge in [0.1, 0.15) is 0 Å². The summed E-state index contributed by atoms with van der Waals surface area (Å²) in [6.07, 6.45) is -4.52. The van der Waals surface area contributed by atoms with Crippen LogP contribution in [0.15, 0.2) is 54.6 Å². The lowest BCUT2D eigenvalue weighted by atomic mass is 10.2. The van der Waals surface area contributed by atoms with E-state index in [0.717, 1.165) is 23.8 Å². The minimum Gasteiger partial charge on any atom is -0.344 e. The minimum absolute atomic E-state index is 0.0975. The number of carbonyl (C=O) groups excluding carboxylic acids is 2.